The van der Waals surface area contributed by atoms with Gasteiger partial charge in [0.2, 0.25) is 0 Å². The number of nitrogens with two attached hydrogens (primary N) is 2. The summed E-state index contributed by atoms with van der Waals surface area (Å²) in [6.07, 6.45) is 0.456. The highest BCUT2D eigenvalue weighted by molar-refractivity contribution is 5.81. The minimum atomic E-state index is -0.952. The number of aliphatic hydroxyl groups is 2. The van der Waals surface area contributed by atoms with Crippen molar-refractivity contribution in [2.45, 2.75) is 24.5 Å². The number of fused-ring (bicyclic) bond motifs is 1. The fourth-order valence-corrected chi connectivity index (χ4v) is 2.23. The van der Waals surface area contributed by atoms with Crippen LogP contribution in [0.4, 0.5) is 5.82 Å². The van der Waals surface area contributed by atoms with E-state index in [-0.39, 0.29) is 12.4 Å². The molecule has 0 aliphatic carbocycles. The van der Waals surface area contributed by atoms with Gasteiger partial charge in [0.15, 0.2) is 17.7 Å². The Balaban J connectivity index is 2.04. The predicted octanol–water partition coefficient (Wildman–Crippen LogP) is -2.01. The molecule has 102 valence electrons. The van der Waals surface area contributed by atoms with Gasteiger partial charge in [0.05, 0.1) is 19.0 Å². The molecule has 2 aromatic rings. The maximum Gasteiger partial charge on any atom is 0.167 e. The van der Waals surface area contributed by atoms with Crippen LogP contribution in [0.3, 0.4) is 0 Å². The average molecular weight is 266 g/mol. The molecule has 1 fully saturated rings. The molecule has 4 atom stereocenters. The van der Waals surface area contributed by atoms with Crippen molar-refractivity contribution in [1.82, 2.24) is 19.5 Å². The van der Waals surface area contributed by atoms with Crippen molar-refractivity contribution in [1.29, 1.82) is 0 Å². The van der Waals surface area contributed by atoms with E-state index in [1.807, 2.05) is 0 Å². The first-order chi connectivity index (χ1) is 9.13. The van der Waals surface area contributed by atoms with E-state index in [0.717, 1.165) is 0 Å². The lowest BCUT2D eigenvalue weighted by Gasteiger charge is -2.17. The van der Waals surface area contributed by atoms with Crippen molar-refractivity contribution >= 4 is 17.0 Å². The molecule has 0 bridgehead atoms. The first-order valence-corrected chi connectivity index (χ1v) is 5.76. The van der Waals surface area contributed by atoms with Crippen molar-refractivity contribution < 1.29 is 14.9 Å². The summed E-state index contributed by atoms with van der Waals surface area (Å²) in [4.78, 5) is 12.0. The molecule has 2 aromatic heterocycles. The van der Waals surface area contributed by atoms with Crippen LogP contribution >= 0.6 is 0 Å². The minimum Gasteiger partial charge on any atom is -0.394 e. The van der Waals surface area contributed by atoms with E-state index in [0.29, 0.717) is 11.2 Å². The summed E-state index contributed by atoms with van der Waals surface area (Å²) in [6.45, 7) is -0.310. The molecular weight excluding hydrogens is 252 g/mol. The Hall–Kier alpha value is -1.81. The quantitative estimate of drug-likeness (QED) is 0.487. The van der Waals surface area contributed by atoms with Gasteiger partial charge in [-0.1, -0.05) is 0 Å². The topological polar surface area (TPSA) is 145 Å². The van der Waals surface area contributed by atoms with Crippen LogP contribution in [0.1, 0.15) is 6.23 Å². The summed E-state index contributed by atoms with van der Waals surface area (Å²) in [5.41, 5.74) is 12.5. The second-order valence-corrected chi connectivity index (χ2v) is 4.40. The molecule has 0 amide bonds. The number of hydrogen-bond acceptors (Lipinski definition) is 8. The van der Waals surface area contributed by atoms with E-state index in [1.165, 1.54) is 12.7 Å². The first-order valence-electron chi connectivity index (χ1n) is 5.76. The fraction of sp³-hybridized carbons (Fsp3) is 0.500. The monoisotopic (exact) mass is 266 g/mol. The van der Waals surface area contributed by atoms with Crippen LogP contribution < -0.4 is 11.5 Å². The third-order valence-electron chi connectivity index (χ3n) is 3.26. The van der Waals surface area contributed by atoms with Crippen molar-refractivity contribution in [3.8, 4) is 0 Å². The van der Waals surface area contributed by atoms with Crippen LogP contribution in [0.25, 0.3) is 11.2 Å². The molecule has 1 aliphatic heterocycles. The van der Waals surface area contributed by atoms with Crippen molar-refractivity contribution in [2.75, 3.05) is 12.3 Å². The lowest BCUT2D eigenvalue weighted by molar-refractivity contribution is -0.0437. The summed E-state index contributed by atoms with van der Waals surface area (Å²) in [6, 6.07) is -0.689. The fourth-order valence-electron chi connectivity index (χ4n) is 2.23. The molecule has 9 heteroatoms. The summed E-state index contributed by atoms with van der Waals surface area (Å²) >= 11 is 0. The predicted molar refractivity (Wildman–Crippen MR) is 64.7 cm³/mol. The highest BCUT2D eigenvalue weighted by Gasteiger charge is 2.42. The van der Waals surface area contributed by atoms with Crippen LogP contribution in [-0.2, 0) is 4.74 Å². The van der Waals surface area contributed by atoms with Crippen LogP contribution in [0.2, 0.25) is 0 Å². The van der Waals surface area contributed by atoms with Crippen LogP contribution in [-0.4, -0.2) is 54.6 Å². The zero-order valence-corrected chi connectivity index (χ0v) is 9.92. The molecule has 0 spiro atoms. The van der Waals surface area contributed by atoms with Gasteiger partial charge in [-0.2, -0.15) is 0 Å². The number of nitrogen functional groups attached to an aromatic ring is 1. The largest absolute Gasteiger partial charge is 0.394 e. The molecule has 0 radical (unpaired) electrons. The number of ether oxygens (including phenoxy) is 1. The lowest BCUT2D eigenvalue weighted by atomic mass is 10.1. The molecule has 19 heavy (non-hydrogen) atoms. The number of imidazole rings is 1. The van der Waals surface area contributed by atoms with E-state index in [9.17, 15) is 5.11 Å². The Bertz CT molecular complexity index is 602. The standard InChI is InChI=1S/C10H14N6O3/c11-5-7(18)4(1-17)19-10(5)16-3-15-6-8(12)13-2-14-9(6)16/h2-5,7,10,17-18H,1,11H2,(H2,12,13,14)/t4-,5+,7+,10+/m0/s1. The third kappa shape index (κ3) is 1.75. The molecule has 0 saturated carbocycles. The van der Waals surface area contributed by atoms with Crippen molar-refractivity contribution in [3.63, 3.8) is 0 Å². The van der Waals surface area contributed by atoms with Gasteiger partial charge in [-0.05, 0) is 0 Å². The molecule has 0 aromatic carbocycles. The molecule has 6 N–H and O–H groups in total. The number of anilines is 1. The van der Waals surface area contributed by atoms with Gasteiger partial charge in [-0.15, -0.1) is 0 Å². The highest BCUT2D eigenvalue weighted by atomic mass is 16.5. The number of hydrogen-bond donors (Lipinski definition) is 4. The highest BCUT2D eigenvalue weighted by Crippen LogP contribution is 2.30. The normalized spacial score (nSPS) is 31.1. The number of rotatable bonds is 2. The number of aromatic nitrogens is 4. The SMILES string of the molecule is Nc1ncnc2c1ncn2[C@@H]1O[C@@H](CO)[C@@H](O)[C@H]1N. The molecule has 3 rings (SSSR count). The smallest absolute Gasteiger partial charge is 0.167 e. The maximum absolute atomic E-state index is 9.85. The Morgan fingerprint density at radius 2 is 2.16 bits per heavy atom. The van der Waals surface area contributed by atoms with Crippen LogP contribution in [0.15, 0.2) is 12.7 Å². The Morgan fingerprint density at radius 3 is 2.84 bits per heavy atom. The van der Waals surface area contributed by atoms with Gasteiger partial charge in [0.1, 0.15) is 24.1 Å². The summed E-state index contributed by atoms with van der Waals surface area (Å²) in [5.74, 6) is 0.259. The van der Waals surface area contributed by atoms with E-state index < -0.39 is 24.5 Å². The number of aliphatic hydroxyl groups excluding tert-OH is 2. The summed E-state index contributed by atoms with van der Waals surface area (Å²) in [5, 5.41) is 19.0. The second-order valence-electron chi connectivity index (χ2n) is 4.40. The van der Waals surface area contributed by atoms with Gasteiger partial charge in [0, 0.05) is 0 Å². The van der Waals surface area contributed by atoms with E-state index in [1.54, 1.807) is 4.57 Å². The van der Waals surface area contributed by atoms with E-state index in [4.69, 9.17) is 21.3 Å². The van der Waals surface area contributed by atoms with Crippen LogP contribution in [0, 0.1) is 0 Å². The van der Waals surface area contributed by atoms with Gasteiger partial charge in [-0.25, -0.2) is 15.0 Å². The average Bonchev–Trinajstić information content (AvgIpc) is 2.94. The zero-order chi connectivity index (χ0) is 13.6. The van der Waals surface area contributed by atoms with E-state index in [2.05, 4.69) is 15.0 Å². The first kappa shape index (κ1) is 12.2. The van der Waals surface area contributed by atoms with Crippen LogP contribution in [0.5, 0.6) is 0 Å². The number of nitrogens with zero attached hydrogens (tertiary/aromatic N) is 4. The maximum atomic E-state index is 9.85. The molecule has 9 nitrogen and oxygen atoms in total. The minimum absolute atomic E-state index is 0.259. The molecule has 0 unspecified atom stereocenters. The Kier molecular flexibility index (Phi) is 2.82. The second kappa shape index (κ2) is 4.38. The third-order valence-corrected chi connectivity index (χ3v) is 3.26. The molecule has 1 saturated heterocycles. The molecule has 1 aliphatic rings. The van der Waals surface area contributed by atoms with Crippen molar-refractivity contribution in [2.24, 2.45) is 5.73 Å². The summed E-state index contributed by atoms with van der Waals surface area (Å²) in [7, 11) is 0. The van der Waals surface area contributed by atoms with Gasteiger partial charge >= 0.3 is 0 Å². The Morgan fingerprint density at radius 1 is 1.37 bits per heavy atom. The zero-order valence-electron chi connectivity index (χ0n) is 9.92. The van der Waals surface area contributed by atoms with Gasteiger partial charge in [0.25, 0.3) is 0 Å². The van der Waals surface area contributed by atoms with Gasteiger partial charge in [-0.3, -0.25) is 4.57 Å². The Labute approximate surface area is 107 Å². The molecule has 3 heterocycles. The van der Waals surface area contributed by atoms with E-state index >= 15 is 0 Å². The van der Waals surface area contributed by atoms with Crippen molar-refractivity contribution in [3.05, 3.63) is 12.7 Å². The summed E-state index contributed by atoms with van der Waals surface area (Å²) < 4.78 is 7.10. The van der Waals surface area contributed by atoms with Gasteiger partial charge < -0.3 is 26.4 Å². The lowest BCUT2D eigenvalue weighted by Crippen LogP contribution is -2.39. The molecular formula is C10H14N6O3.